The Labute approximate surface area is 700 Å². The van der Waals surface area contributed by atoms with Gasteiger partial charge in [-0.05, 0) is 178 Å². The van der Waals surface area contributed by atoms with Gasteiger partial charge >= 0.3 is 18.0 Å². The fraction of sp³-hybridized carbons (Fsp3) is 0.395. The zero-order chi connectivity index (χ0) is 80.0. The Kier molecular flexibility index (Phi) is 28.1. The first-order valence-electron chi connectivity index (χ1n) is 36.5. The molecule has 5 aliphatic carbocycles. The molecule has 1 unspecified atom stereocenters. The van der Waals surface area contributed by atoms with Crippen LogP contribution in [0.25, 0.3) is 56.3 Å². The topological polar surface area (TPSA) is 288 Å². The maximum Gasteiger partial charge on any atom is 0.410 e. The Morgan fingerprint density at radius 2 is 0.786 bits per heavy atom. The summed E-state index contributed by atoms with van der Waals surface area (Å²) in [5.74, 6) is 4.39. The summed E-state index contributed by atoms with van der Waals surface area (Å²) < 4.78 is 37.4. The number of aliphatic hydroxyl groups is 2. The van der Waals surface area contributed by atoms with Gasteiger partial charge in [0.1, 0.15) is 62.7 Å². The molecule has 10 aromatic rings. The molecular weight excluding hydrogens is 1670 g/mol. The molecule has 590 valence electrons. The number of carbonyl (C=O) groups is 3. The van der Waals surface area contributed by atoms with Crippen molar-refractivity contribution in [2.45, 2.75) is 196 Å². The third-order valence-corrected chi connectivity index (χ3v) is 22.8. The molecule has 17 rings (SSSR count). The Morgan fingerprint density at radius 3 is 1.12 bits per heavy atom. The van der Waals surface area contributed by atoms with E-state index >= 15 is 0 Å². The van der Waals surface area contributed by atoms with Crippen molar-refractivity contribution in [2.75, 3.05) is 6.61 Å². The number of carboxylic acids is 1. The molecule has 7 aliphatic rings. The lowest BCUT2D eigenvalue weighted by Gasteiger charge is -2.37. The van der Waals surface area contributed by atoms with Crippen LogP contribution in [-0.2, 0) is 39.6 Å². The second-order valence-electron chi connectivity index (χ2n) is 28.9. The first kappa shape index (κ1) is 84.4. The normalized spacial score (nSPS) is 17.4. The third-order valence-electron chi connectivity index (χ3n) is 19.4. The average Bonchev–Trinajstić information content (AvgIpc) is 1.62. The number of aliphatic carboxylic acids is 1. The van der Waals surface area contributed by atoms with Crippen LogP contribution in [0.5, 0.6) is 0 Å². The molecule has 2 aliphatic heterocycles. The average molecular weight is 1750 g/mol. The van der Waals surface area contributed by atoms with Crippen molar-refractivity contribution < 1.29 is 61.8 Å². The largest absolute Gasteiger partial charge is 0.481 e. The first-order chi connectivity index (χ1) is 53.7. The van der Waals surface area contributed by atoms with Crippen LogP contribution in [0.3, 0.4) is 0 Å². The first-order valence-corrected chi connectivity index (χ1v) is 40.8. The number of piperidine rings is 1. The Hall–Kier alpha value is -7.04. The number of esters is 1. The number of hydrogen-bond donors (Lipinski definition) is 3. The zero-order valence-electron chi connectivity index (χ0n) is 60.9. The predicted octanol–water partition coefficient (Wildman–Crippen LogP) is 24.6. The number of carbonyl (C=O) groups excluding carboxylic acids is 2. The summed E-state index contributed by atoms with van der Waals surface area (Å²) in [6, 6.07) is 28.7. The highest BCUT2D eigenvalue weighted by atomic mass is 35.5. The second kappa shape index (κ2) is 37.3. The van der Waals surface area contributed by atoms with Gasteiger partial charge in [0.25, 0.3) is 0 Å². The molecule has 1 amide bonds. The van der Waals surface area contributed by atoms with E-state index in [1.165, 1.54) is 0 Å². The minimum Gasteiger partial charge on any atom is -0.481 e. The van der Waals surface area contributed by atoms with Gasteiger partial charge in [-0.3, -0.25) is 4.79 Å². The maximum absolute atomic E-state index is 12.3. The Balaban J connectivity index is 0.000000125. The number of aromatic nitrogens is 5. The van der Waals surface area contributed by atoms with Crippen LogP contribution in [0.2, 0.25) is 50.2 Å². The highest BCUT2D eigenvalue weighted by molar-refractivity contribution is 6.42. The number of rotatable bonds is 17. The molecule has 20 nitrogen and oxygen atoms in total. The van der Waals surface area contributed by atoms with E-state index in [2.05, 4.69) is 31.9 Å². The van der Waals surface area contributed by atoms with E-state index in [0.717, 1.165) is 105 Å². The van der Waals surface area contributed by atoms with Crippen molar-refractivity contribution in [1.82, 2.24) is 30.7 Å². The standard InChI is InChI=1S/C15H13Cl2NO3.C14H10Cl2N2O.C14H11Cl2NO3.C13H10Cl3NO.C13H11Cl2NO2.C12H21NO3/c1-2-20-15(19)12-13(18-21-14(12)8-6-7-8)11-9(16)4-3-5-10(11)17;15-10-2-1-3-11(16)12(10)13-9(6-7-17)14(19-18-13)8-4-5-8;15-9-2-1-3-10(16)12(9)13-8(6-11(18)19)14(20-17-13)7-4-5-7;14-6-8-12(17-18-13(8)7-4-5-7)11-9(15)2-1-3-10(11)16;14-9-2-1-3-10(15)11(9)12-8(6-17)13(18-16-12)7-4-5-7;1-12(2,3)16-11(15)13-8-4-5-9(13)7-10(14)6-8/h3-5,8H,2,6-7H2,1H3;1-3,8H,4-6H2;1-3,7H,4-6H2,(H,18,19);1-3,7H,4-6H2;1-3,7,17H,4-6H2;8-10,14H,4-7H2,1-3H3/t;;;;;8-,9+,10?. The number of hydrogen-bond acceptors (Lipinski definition) is 18. The SMILES string of the molecule is CC(C)(C)OC(=O)N1[C@@H]2CC[C@H]1CC(O)C2.CCOC(=O)c1c(-c2c(Cl)cccc2Cl)noc1C1CC1.ClCc1c(-c2c(Cl)cccc2Cl)noc1C1CC1.N#CCc1c(-c2c(Cl)cccc2Cl)noc1C1CC1.O=C(O)Cc1c(-c2c(Cl)cccc2Cl)noc1C1CC1.OCc1c(-c2c(Cl)cccc2Cl)noc1C1CC1. The monoisotopic (exact) mass is 1740 g/mol. The van der Waals surface area contributed by atoms with Gasteiger partial charge in [-0.15, -0.1) is 11.6 Å². The number of nitriles is 1. The number of ether oxygens (including phenoxy) is 2. The molecule has 5 aromatic carbocycles. The van der Waals surface area contributed by atoms with E-state index in [4.69, 9.17) is 170 Å². The smallest absolute Gasteiger partial charge is 0.410 e. The van der Waals surface area contributed by atoms with E-state index in [-0.39, 0.29) is 62.2 Å². The molecule has 0 spiro atoms. The molecule has 112 heavy (non-hydrogen) atoms. The summed E-state index contributed by atoms with van der Waals surface area (Å²) in [5.41, 5.74) is 8.52. The summed E-state index contributed by atoms with van der Waals surface area (Å²) >= 11 is 67.8. The fourth-order valence-corrected chi connectivity index (χ4v) is 16.6. The zero-order valence-corrected chi connectivity index (χ0v) is 69.2. The second-order valence-corrected chi connectivity index (χ2v) is 33.3. The summed E-state index contributed by atoms with van der Waals surface area (Å²) in [7, 11) is 0. The van der Waals surface area contributed by atoms with Crippen LogP contribution < -0.4 is 0 Å². The summed E-state index contributed by atoms with van der Waals surface area (Å²) in [6.45, 7) is 7.56. The van der Waals surface area contributed by atoms with E-state index in [9.17, 15) is 24.6 Å². The number of nitrogens with zero attached hydrogens (tertiary/aromatic N) is 7. The van der Waals surface area contributed by atoms with Crippen LogP contribution in [0.15, 0.2) is 114 Å². The highest BCUT2D eigenvalue weighted by Crippen LogP contribution is 2.52. The molecule has 5 saturated carbocycles. The lowest BCUT2D eigenvalue weighted by atomic mass is 10.0. The molecule has 7 fully saturated rings. The molecule has 0 radical (unpaired) electrons. The van der Waals surface area contributed by atoms with Gasteiger partial charge in [0.2, 0.25) is 0 Å². The minimum absolute atomic E-state index is 0.119. The third kappa shape index (κ3) is 20.1. The molecule has 3 N–H and O–H groups in total. The van der Waals surface area contributed by atoms with Crippen molar-refractivity contribution in [1.29, 1.82) is 5.26 Å². The number of amides is 1. The van der Waals surface area contributed by atoms with Gasteiger partial charge in [-0.2, -0.15) is 5.26 Å². The molecular formula is C81H76Cl11N7O13. The van der Waals surface area contributed by atoms with E-state index in [0.29, 0.717) is 171 Å². The van der Waals surface area contributed by atoms with Crippen molar-refractivity contribution in [3.8, 4) is 62.4 Å². The fourth-order valence-electron chi connectivity index (χ4n) is 13.5. The quantitative estimate of drug-likeness (QED) is 0.0564. The van der Waals surface area contributed by atoms with Gasteiger partial charge in [-0.25, -0.2) is 9.59 Å². The van der Waals surface area contributed by atoms with Gasteiger partial charge < -0.3 is 52.3 Å². The summed E-state index contributed by atoms with van der Waals surface area (Å²) in [6.07, 6.45) is 13.6. The Morgan fingerprint density at radius 1 is 0.482 bits per heavy atom. The molecule has 5 aromatic heterocycles. The Bertz CT molecular complexity index is 4880. The number of fused-ring (bicyclic) bond motifs is 2. The van der Waals surface area contributed by atoms with Crippen LogP contribution >= 0.6 is 128 Å². The number of carboxylic acid groups (broad SMARTS) is 1. The molecule has 2 saturated heterocycles. The molecule has 7 heterocycles. The van der Waals surface area contributed by atoms with Crippen LogP contribution in [0.4, 0.5) is 4.79 Å². The van der Waals surface area contributed by atoms with Crippen molar-refractivity contribution in [3.05, 3.63) is 198 Å². The lowest BCUT2D eigenvalue weighted by molar-refractivity contribution is -0.136. The van der Waals surface area contributed by atoms with E-state index in [1.54, 1.807) is 97.9 Å². The maximum atomic E-state index is 12.3. The number of alkyl halides is 1. The number of aliphatic hydroxyl groups excluding tert-OH is 2. The summed E-state index contributed by atoms with van der Waals surface area (Å²) in [4.78, 5) is 37.2. The predicted molar refractivity (Wildman–Crippen MR) is 432 cm³/mol. The molecule has 31 heteroatoms. The minimum atomic E-state index is -0.931. The van der Waals surface area contributed by atoms with Crippen molar-refractivity contribution in [3.63, 3.8) is 0 Å². The van der Waals surface area contributed by atoms with Gasteiger partial charge in [0.15, 0.2) is 5.76 Å². The van der Waals surface area contributed by atoms with Crippen molar-refractivity contribution in [2.24, 2.45) is 0 Å². The highest BCUT2D eigenvalue weighted by Gasteiger charge is 2.45. The molecule has 2 bridgehead atoms. The van der Waals surface area contributed by atoms with Gasteiger partial charge in [-0.1, -0.05) is 172 Å². The van der Waals surface area contributed by atoms with Crippen molar-refractivity contribution >= 4 is 146 Å². The lowest BCUT2D eigenvalue weighted by Crippen LogP contribution is -2.49. The van der Waals surface area contributed by atoms with E-state index in [1.807, 2.05) is 25.7 Å². The molecule has 3 atom stereocenters. The van der Waals surface area contributed by atoms with Crippen LogP contribution in [0.1, 0.15) is 209 Å². The van der Waals surface area contributed by atoms with Crippen LogP contribution in [0, 0.1) is 11.3 Å². The number of halogens is 11. The van der Waals surface area contributed by atoms with Crippen LogP contribution in [-0.4, -0.2) is 94.4 Å². The van der Waals surface area contributed by atoms with Gasteiger partial charge in [0, 0.05) is 91.7 Å². The van der Waals surface area contributed by atoms with E-state index < -0.39 is 17.5 Å². The van der Waals surface area contributed by atoms with Gasteiger partial charge in [0.05, 0.1) is 94.3 Å². The number of benzene rings is 5. The summed E-state index contributed by atoms with van der Waals surface area (Å²) in [5, 5.41) is 62.4.